The lowest BCUT2D eigenvalue weighted by Gasteiger charge is -2.39. The molecule has 1 saturated heterocycles. The molecule has 3 nitrogen and oxygen atoms in total. The maximum absolute atomic E-state index is 12.1. The molecule has 2 saturated carbocycles. The molecule has 3 heteroatoms. The van der Waals surface area contributed by atoms with Crippen molar-refractivity contribution in [2.24, 2.45) is 17.8 Å². The molecular weight excluding hydrogens is 214 g/mol. The Morgan fingerprint density at radius 2 is 1.76 bits per heavy atom. The van der Waals surface area contributed by atoms with Crippen LogP contribution in [-0.4, -0.2) is 25.2 Å². The SMILES string of the molecule is O=C(NC1COC1)C1CCC2CCCCC2C1. The summed E-state index contributed by atoms with van der Waals surface area (Å²) in [6, 6.07) is 0.298. The van der Waals surface area contributed by atoms with Gasteiger partial charge in [-0.25, -0.2) is 0 Å². The lowest BCUT2D eigenvalue weighted by atomic mass is 9.67. The van der Waals surface area contributed by atoms with Crippen LogP contribution in [0.15, 0.2) is 0 Å². The summed E-state index contributed by atoms with van der Waals surface area (Å²) in [5.74, 6) is 2.35. The fourth-order valence-corrected chi connectivity index (χ4v) is 3.75. The van der Waals surface area contributed by atoms with Crippen molar-refractivity contribution in [3.8, 4) is 0 Å². The van der Waals surface area contributed by atoms with Gasteiger partial charge in [-0.15, -0.1) is 0 Å². The molecule has 0 bridgehead atoms. The summed E-state index contributed by atoms with van der Waals surface area (Å²) in [6.07, 6.45) is 9.11. The van der Waals surface area contributed by atoms with Crippen molar-refractivity contribution < 1.29 is 9.53 Å². The van der Waals surface area contributed by atoms with E-state index in [4.69, 9.17) is 4.74 Å². The molecule has 0 aromatic rings. The Morgan fingerprint density at radius 1 is 1.00 bits per heavy atom. The summed E-state index contributed by atoms with van der Waals surface area (Å²) >= 11 is 0. The molecule has 3 aliphatic rings. The van der Waals surface area contributed by atoms with Gasteiger partial charge in [0.25, 0.3) is 0 Å². The number of carbonyl (C=O) groups is 1. The number of ether oxygens (including phenoxy) is 1. The van der Waals surface area contributed by atoms with Crippen molar-refractivity contribution >= 4 is 5.91 Å². The smallest absolute Gasteiger partial charge is 0.223 e. The van der Waals surface area contributed by atoms with Crippen LogP contribution >= 0.6 is 0 Å². The van der Waals surface area contributed by atoms with Crippen LogP contribution < -0.4 is 5.32 Å². The zero-order chi connectivity index (χ0) is 11.7. The van der Waals surface area contributed by atoms with Crippen molar-refractivity contribution in [1.29, 1.82) is 0 Å². The molecule has 96 valence electrons. The molecular formula is C14H23NO2. The Morgan fingerprint density at radius 3 is 2.47 bits per heavy atom. The Balaban J connectivity index is 1.52. The summed E-state index contributed by atoms with van der Waals surface area (Å²) in [6.45, 7) is 1.43. The number of nitrogens with one attached hydrogen (secondary N) is 1. The second-order valence-electron chi connectivity index (χ2n) is 6.06. The number of hydrogen-bond acceptors (Lipinski definition) is 2. The average Bonchev–Trinajstić information content (AvgIpc) is 2.33. The largest absolute Gasteiger partial charge is 0.377 e. The molecule has 0 aromatic heterocycles. The monoisotopic (exact) mass is 237 g/mol. The molecule has 1 amide bonds. The summed E-state index contributed by atoms with van der Waals surface area (Å²) < 4.78 is 5.09. The zero-order valence-corrected chi connectivity index (χ0v) is 10.5. The molecule has 2 aliphatic carbocycles. The predicted octanol–water partition coefficient (Wildman–Crippen LogP) is 2.11. The van der Waals surface area contributed by atoms with Crippen LogP contribution in [0.1, 0.15) is 44.9 Å². The molecule has 3 fully saturated rings. The fraction of sp³-hybridized carbons (Fsp3) is 0.929. The van der Waals surface area contributed by atoms with Crippen LogP contribution in [0, 0.1) is 17.8 Å². The second-order valence-corrected chi connectivity index (χ2v) is 6.06. The lowest BCUT2D eigenvalue weighted by Crippen LogP contribution is -2.51. The topological polar surface area (TPSA) is 38.3 Å². The van der Waals surface area contributed by atoms with Gasteiger partial charge in [-0.3, -0.25) is 4.79 Å². The van der Waals surface area contributed by atoms with Gasteiger partial charge in [0.15, 0.2) is 0 Å². The van der Waals surface area contributed by atoms with Crippen LogP contribution in [0.3, 0.4) is 0 Å². The van der Waals surface area contributed by atoms with Crippen molar-refractivity contribution in [2.75, 3.05) is 13.2 Å². The molecule has 1 heterocycles. The highest BCUT2D eigenvalue weighted by atomic mass is 16.5. The van der Waals surface area contributed by atoms with E-state index in [-0.39, 0.29) is 5.92 Å². The molecule has 0 spiro atoms. The number of fused-ring (bicyclic) bond motifs is 1. The van der Waals surface area contributed by atoms with E-state index in [0.717, 1.165) is 24.7 Å². The molecule has 1 aliphatic heterocycles. The highest BCUT2D eigenvalue weighted by Crippen LogP contribution is 2.42. The Kier molecular flexibility index (Phi) is 3.37. The van der Waals surface area contributed by atoms with Crippen LogP contribution in [0.4, 0.5) is 0 Å². The molecule has 3 atom stereocenters. The van der Waals surface area contributed by atoms with Crippen molar-refractivity contribution in [3.05, 3.63) is 0 Å². The van der Waals surface area contributed by atoms with Gasteiger partial charge < -0.3 is 10.1 Å². The highest BCUT2D eigenvalue weighted by Gasteiger charge is 2.35. The minimum atomic E-state index is 0.287. The number of carbonyl (C=O) groups excluding carboxylic acids is 1. The summed E-state index contributed by atoms with van der Waals surface area (Å²) in [5, 5.41) is 3.12. The Hall–Kier alpha value is -0.570. The van der Waals surface area contributed by atoms with Gasteiger partial charge in [-0.2, -0.15) is 0 Å². The van der Waals surface area contributed by atoms with E-state index in [9.17, 15) is 4.79 Å². The third kappa shape index (κ3) is 2.49. The van der Waals surface area contributed by atoms with Gasteiger partial charge in [-0.1, -0.05) is 25.7 Å². The van der Waals surface area contributed by atoms with E-state index in [0.29, 0.717) is 25.2 Å². The first-order chi connectivity index (χ1) is 8.33. The first-order valence-electron chi connectivity index (χ1n) is 7.21. The quantitative estimate of drug-likeness (QED) is 0.799. The van der Waals surface area contributed by atoms with Crippen LogP contribution in [-0.2, 0) is 9.53 Å². The van der Waals surface area contributed by atoms with Crippen molar-refractivity contribution in [1.82, 2.24) is 5.32 Å². The molecule has 0 aromatic carbocycles. The van der Waals surface area contributed by atoms with Gasteiger partial charge in [-0.05, 0) is 31.1 Å². The van der Waals surface area contributed by atoms with Crippen LogP contribution in [0.5, 0.6) is 0 Å². The molecule has 1 N–H and O–H groups in total. The molecule has 3 unspecified atom stereocenters. The Bertz CT molecular complexity index is 288. The predicted molar refractivity (Wildman–Crippen MR) is 65.5 cm³/mol. The minimum absolute atomic E-state index is 0.287. The van der Waals surface area contributed by atoms with E-state index < -0.39 is 0 Å². The van der Waals surface area contributed by atoms with Crippen molar-refractivity contribution in [3.63, 3.8) is 0 Å². The van der Waals surface area contributed by atoms with Crippen LogP contribution in [0.25, 0.3) is 0 Å². The van der Waals surface area contributed by atoms with Crippen LogP contribution in [0.2, 0.25) is 0 Å². The molecule has 3 rings (SSSR count). The van der Waals surface area contributed by atoms with E-state index in [2.05, 4.69) is 5.32 Å². The molecule has 0 radical (unpaired) electrons. The third-order valence-corrected chi connectivity index (χ3v) is 4.89. The summed E-state index contributed by atoms with van der Waals surface area (Å²) in [7, 11) is 0. The average molecular weight is 237 g/mol. The first kappa shape index (κ1) is 11.5. The standard InChI is InChI=1S/C14H23NO2/c16-14(15-13-8-17-9-13)12-6-5-10-3-1-2-4-11(10)7-12/h10-13H,1-9H2,(H,15,16). The number of amides is 1. The normalized spacial score (nSPS) is 38.0. The maximum atomic E-state index is 12.1. The summed E-state index contributed by atoms with van der Waals surface area (Å²) in [5.41, 5.74) is 0. The van der Waals surface area contributed by atoms with E-state index in [1.165, 1.54) is 32.1 Å². The lowest BCUT2D eigenvalue weighted by molar-refractivity contribution is -0.131. The second kappa shape index (κ2) is 4.97. The van der Waals surface area contributed by atoms with E-state index in [1.807, 2.05) is 0 Å². The van der Waals surface area contributed by atoms with Gasteiger partial charge in [0.2, 0.25) is 5.91 Å². The highest BCUT2D eigenvalue weighted by molar-refractivity contribution is 5.79. The third-order valence-electron chi connectivity index (χ3n) is 4.89. The summed E-state index contributed by atoms with van der Waals surface area (Å²) in [4.78, 5) is 12.1. The van der Waals surface area contributed by atoms with E-state index in [1.54, 1.807) is 0 Å². The maximum Gasteiger partial charge on any atom is 0.223 e. The van der Waals surface area contributed by atoms with Gasteiger partial charge in [0.05, 0.1) is 19.3 Å². The van der Waals surface area contributed by atoms with Gasteiger partial charge in [0.1, 0.15) is 0 Å². The van der Waals surface area contributed by atoms with Gasteiger partial charge >= 0.3 is 0 Å². The fourth-order valence-electron chi connectivity index (χ4n) is 3.75. The van der Waals surface area contributed by atoms with Crippen molar-refractivity contribution in [2.45, 2.75) is 51.0 Å². The van der Waals surface area contributed by atoms with Gasteiger partial charge in [0, 0.05) is 5.92 Å². The Labute approximate surface area is 103 Å². The first-order valence-corrected chi connectivity index (χ1v) is 7.21. The number of rotatable bonds is 2. The zero-order valence-electron chi connectivity index (χ0n) is 10.5. The number of hydrogen-bond donors (Lipinski definition) is 1. The van der Waals surface area contributed by atoms with E-state index >= 15 is 0 Å². The minimum Gasteiger partial charge on any atom is -0.377 e. The molecule has 17 heavy (non-hydrogen) atoms.